The highest BCUT2D eigenvalue weighted by molar-refractivity contribution is 6.36. The van der Waals surface area contributed by atoms with Crippen molar-refractivity contribution in [3.05, 3.63) is 34.6 Å². The molecule has 1 amide bonds. The topological polar surface area (TPSA) is 179 Å². The number of nitriles is 2. The van der Waals surface area contributed by atoms with Crippen molar-refractivity contribution in [3.8, 4) is 12.1 Å². The number of likely N-dealkylation sites (N-methyl/N-ethyl adjacent to an activating group) is 1. The Labute approximate surface area is 211 Å². The van der Waals surface area contributed by atoms with Gasteiger partial charge in [-0.1, -0.05) is 11.6 Å². The molecule has 1 fully saturated rings. The van der Waals surface area contributed by atoms with Crippen LogP contribution in [0.3, 0.4) is 0 Å². The van der Waals surface area contributed by atoms with Gasteiger partial charge in [-0.15, -0.1) is 5.10 Å². The van der Waals surface area contributed by atoms with Crippen LogP contribution >= 0.6 is 11.6 Å². The van der Waals surface area contributed by atoms with Gasteiger partial charge in [-0.3, -0.25) is 0 Å². The number of aromatic nitrogens is 4. The third kappa shape index (κ3) is 4.62. The van der Waals surface area contributed by atoms with E-state index in [0.29, 0.717) is 47.9 Å². The Hall–Kier alpha value is -4.33. The Bertz CT molecular complexity index is 1400. The van der Waals surface area contributed by atoms with Gasteiger partial charge in [0.1, 0.15) is 6.07 Å². The zero-order valence-electron chi connectivity index (χ0n) is 19.5. The van der Waals surface area contributed by atoms with Gasteiger partial charge in [0.2, 0.25) is 5.95 Å². The minimum atomic E-state index is -1.12. The van der Waals surface area contributed by atoms with Crippen LogP contribution in [0.4, 0.5) is 27.9 Å². The smallest absolute Gasteiger partial charge is 0.407 e. The van der Waals surface area contributed by atoms with Crippen LogP contribution in [0, 0.1) is 22.7 Å². The summed E-state index contributed by atoms with van der Waals surface area (Å²) in [4.78, 5) is 22.9. The number of fused-ring (bicyclic) bond motifs is 1. The number of benzene rings is 1. The molecule has 0 unspecified atom stereocenters. The molecule has 0 saturated carbocycles. The molecule has 2 aromatic heterocycles. The van der Waals surface area contributed by atoms with Crippen LogP contribution in [0.15, 0.2) is 18.3 Å². The van der Waals surface area contributed by atoms with Crippen molar-refractivity contribution in [2.24, 2.45) is 0 Å². The zero-order chi connectivity index (χ0) is 26.0. The number of piperidine rings is 1. The molecule has 1 saturated heterocycles. The number of aliphatic hydroxyl groups excluding tert-OH is 1. The lowest BCUT2D eigenvalue weighted by Gasteiger charge is -2.40. The number of rotatable bonds is 6. The maximum Gasteiger partial charge on any atom is 0.407 e. The molecule has 13 nitrogen and oxygen atoms in total. The summed E-state index contributed by atoms with van der Waals surface area (Å²) in [5.74, 6) is 0.537. The minimum Gasteiger partial charge on any atom is -0.465 e. The van der Waals surface area contributed by atoms with Crippen LogP contribution in [-0.2, 0) is 0 Å². The van der Waals surface area contributed by atoms with Crippen molar-refractivity contribution in [3.63, 3.8) is 0 Å². The van der Waals surface area contributed by atoms with E-state index in [1.807, 2.05) is 17.9 Å². The molecule has 0 spiro atoms. The molecular weight excluding hydrogens is 488 g/mol. The minimum absolute atomic E-state index is 0.123. The summed E-state index contributed by atoms with van der Waals surface area (Å²) in [5, 5.41) is 49.6. The maximum absolute atomic E-state index is 11.3. The number of nitrogens with zero attached hydrogens (tertiary/aromatic N) is 8. The van der Waals surface area contributed by atoms with Crippen LogP contribution in [0.25, 0.3) is 5.65 Å². The van der Waals surface area contributed by atoms with Crippen molar-refractivity contribution in [2.45, 2.75) is 25.5 Å². The van der Waals surface area contributed by atoms with E-state index in [-0.39, 0.29) is 23.2 Å². The number of nitrogens with one attached hydrogen (secondary N) is 2. The fraction of sp³-hybridized carbons (Fsp3) is 0.364. The molecule has 0 radical (unpaired) electrons. The fourth-order valence-electron chi connectivity index (χ4n) is 4.14. The number of hydrogen-bond donors (Lipinski definition) is 4. The lowest BCUT2D eigenvalue weighted by atomic mass is 9.99. The Morgan fingerprint density at radius 2 is 2.14 bits per heavy atom. The van der Waals surface area contributed by atoms with Gasteiger partial charge in [-0.25, -0.2) is 9.78 Å². The monoisotopic (exact) mass is 510 g/mol. The summed E-state index contributed by atoms with van der Waals surface area (Å²) in [5.41, 5.74) is 1.77. The summed E-state index contributed by atoms with van der Waals surface area (Å²) < 4.78 is 1.36. The van der Waals surface area contributed by atoms with Crippen molar-refractivity contribution >= 4 is 46.5 Å². The first-order valence-corrected chi connectivity index (χ1v) is 11.4. The van der Waals surface area contributed by atoms with E-state index < -0.39 is 18.2 Å². The zero-order valence-corrected chi connectivity index (χ0v) is 20.2. The SMILES string of the molecule is CCNc1nc(Nc2cc(C#N)cc(N3CC[C@H](N(C)C(=O)O)[C@@H](O)C3)c2Cl)nn2c(C#N)cnc12. The van der Waals surface area contributed by atoms with Crippen molar-refractivity contribution < 1.29 is 15.0 Å². The van der Waals surface area contributed by atoms with E-state index in [1.54, 1.807) is 12.1 Å². The number of carboxylic acid groups (broad SMARTS) is 1. The van der Waals surface area contributed by atoms with Crippen LogP contribution in [0.1, 0.15) is 24.6 Å². The molecule has 0 bridgehead atoms. The normalized spacial score (nSPS) is 17.3. The predicted octanol–water partition coefficient (Wildman–Crippen LogP) is 2.25. The molecule has 36 heavy (non-hydrogen) atoms. The Balaban J connectivity index is 1.69. The fourth-order valence-corrected chi connectivity index (χ4v) is 4.42. The lowest BCUT2D eigenvalue weighted by molar-refractivity contribution is 0.0497. The van der Waals surface area contributed by atoms with Crippen LogP contribution in [0.5, 0.6) is 0 Å². The van der Waals surface area contributed by atoms with E-state index in [2.05, 4.69) is 31.8 Å². The molecule has 186 valence electrons. The molecule has 14 heteroatoms. The second kappa shape index (κ2) is 10.1. The first kappa shape index (κ1) is 24.8. The molecule has 3 heterocycles. The van der Waals surface area contributed by atoms with Gasteiger partial charge in [0.15, 0.2) is 17.2 Å². The third-order valence-corrected chi connectivity index (χ3v) is 6.33. The van der Waals surface area contributed by atoms with Crippen molar-refractivity contribution in [1.82, 2.24) is 24.5 Å². The number of aliphatic hydroxyl groups is 1. The molecule has 4 N–H and O–H groups in total. The highest BCUT2D eigenvalue weighted by Gasteiger charge is 2.33. The van der Waals surface area contributed by atoms with Gasteiger partial charge in [0, 0.05) is 26.7 Å². The molecule has 3 aromatic rings. The predicted molar refractivity (Wildman–Crippen MR) is 132 cm³/mol. The van der Waals surface area contributed by atoms with E-state index in [4.69, 9.17) is 11.6 Å². The van der Waals surface area contributed by atoms with Crippen LogP contribution in [0.2, 0.25) is 5.02 Å². The Morgan fingerprint density at radius 1 is 1.36 bits per heavy atom. The number of halogens is 1. The molecular formula is C22H23ClN10O3. The quantitative estimate of drug-likeness (QED) is 0.382. The molecule has 0 aliphatic carbocycles. The van der Waals surface area contributed by atoms with Crippen molar-refractivity contribution in [1.29, 1.82) is 10.5 Å². The van der Waals surface area contributed by atoms with Gasteiger partial charge < -0.3 is 30.6 Å². The largest absolute Gasteiger partial charge is 0.465 e. The number of β-amino-alcohol motifs (C(OH)–C–C–N with tert-alkyl or cyclic N) is 1. The highest BCUT2D eigenvalue weighted by Crippen LogP contribution is 2.37. The summed E-state index contributed by atoms with van der Waals surface area (Å²) in [7, 11) is 1.42. The number of anilines is 4. The summed E-state index contributed by atoms with van der Waals surface area (Å²) in [6.07, 6.45) is -0.289. The van der Waals surface area contributed by atoms with E-state index in [0.717, 1.165) is 4.90 Å². The van der Waals surface area contributed by atoms with Gasteiger partial charge in [-0.05, 0) is 25.5 Å². The molecule has 1 aliphatic heterocycles. The number of imidazole rings is 1. The maximum atomic E-state index is 11.3. The average Bonchev–Trinajstić information content (AvgIpc) is 3.28. The molecule has 2 atom stereocenters. The van der Waals surface area contributed by atoms with E-state index >= 15 is 0 Å². The highest BCUT2D eigenvalue weighted by atomic mass is 35.5. The summed E-state index contributed by atoms with van der Waals surface area (Å²) >= 11 is 6.73. The first-order chi connectivity index (χ1) is 17.3. The standard InChI is InChI=1S/C22H23ClN10O3/c1-3-26-19-20-27-10-13(9-25)33(20)30-21(29-19)28-14-6-12(8-24)7-16(18(14)23)32-5-4-15(17(34)11-32)31(2)22(35)36/h6-7,10,15,17,34H,3-5,11H2,1-2H3,(H,35,36)(H2,26,28,29,30)/t15-,17-/m0/s1. The number of carbonyl (C=O) groups is 1. The van der Waals surface area contributed by atoms with Crippen LogP contribution in [-0.4, -0.2) is 79.6 Å². The third-order valence-electron chi connectivity index (χ3n) is 5.94. The van der Waals surface area contributed by atoms with Crippen molar-refractivity contribution in [2.75, 3.05) is 42.2 Å². The molecule has 1 aliphatic rings. The van der Waals surface area contributed by atoms with E-state index in [1.165, 1.54) is 17.8 Å². The average molecular weight is 511 g/mol. The van der Waals surface area contributed by atoms with Crippen LogP contribution < -0.4 is 15.5 Å². The Morgan fingerprint density at radius 3 is 2.78 bits per heavy atom. The summed E-state index contributed by atoms with van der Waals surface area (Å²) in [6.45, 7) is 3.00. The molecule has 4 rings (SSSR count). The van der Waals surface area contributed by atoms with Gasteiger partial charge in [-0.2, -0.15) is 20.0 Å². The van der Waals surface area contributed by atoms with Gasteiger partial charge in [0.05, 0.1) is 46.4 Å². The molecule has 1 aromatic carbocycles. The number of amides is 1. The van der Waals surface area contributed by atoms with Gasteiger partial charge in [0.25, 0.3) is 0 Å². The number of hydrogen-bond acceptors (Lipinski definition) is 10. The van der Waals surface area contributed by atoms with E-state index in [9.17, 15) is 25.5 Å². The van der Waals surface area contributed by atoms with Gasteiger partial charge >= 0.3 is 6.09 Å². The first-order valence-electron chi connectivity index (χ1n) is 11.1. The lowest BCUT2D eigenvalue weighted by Crippen LogP contribution is -2.54. The summed E-state index contributed by atoms with van der Waals surface area (Å²) in [6, 6.07) is 6.74. The second-order valence-electron chi connectivity index (χ2n) is 8.16. The second-order valence-corrected chi connectivity index (χ2v) is 8.54. The Kier molecular flexibility index (Phi) is 6.96.